The summed E-state index contributed by atoms with van der Waals surface area (Å²) in [6.07, 6.45) is -4.99. The van der Waals surface area contributed by atoms with Gasteiger partial charge in [0, 0.05) is 36.7 Å². The summed E-state index contributed by atoms with van der Waals surface area (Å²) in [5.74, 6) is -1.44. The molecule has 40 heavy (non-hydrogen) atoms. The van der Waals surface area contributed by atoms with Crippen molar-refractivity contribution >= 4 is 6.09 Å². The van der Waals surface area contributed by atoms with Gasteiger partial charge in [0.2, 0.25) is 6.79 Å². The van der Waals surface area contributed by atoms with Gasteiger partial charge in [-0.1, -0.05) is 0 Å². The van der Waals surface area contributed by atoms with E-state index in [0.29, 0.717) is 35.6 Å². The summed E-state index contributed by atoms with van der Waals surface area (Å²) in [4.78, 5) is 14.9. The molecule has 0 radical (unpaired) electrons. The average Bonchev–Trinajstić information content (AvgIpc) is 3.46. The highest BCUT2D eigenvalue weighted by molar-refractivity contribution is 5.68. The van der Waals surface area contributed by atoms with Crippen LogP contribution in [-0.4, -0.2) is 66.2 Å². The number of benzene rings is 2. The molecular formula is C28H31F5N2O5. The first-order valence-corrected chi connectivity index (χ1v) is 13.1. The summed E-state index contributed by atoms with van der Waals surface area (Å²) in [5.41, 5.74) is -0.230. The fourth-order valence-electron chi connectivity index (χ4n) is 5.47. The molecule has 1 saturated heterocycles. The highest BCUT2D eigenvalue weighted by Crippen LogP contribution is 2.46. The molecule has 12 heteroatoms. The van der Waals surface area contributed by atoms with E-state index in [1.807, 2.05) is 0 Å². The van der Waals surface area contributed by atoms with Gasteiger partial charge in [-0.15, -0.1) is 0 Å². The fraction of sp³-hybridized carbons (Fsp3) is 0.536. The monoisotopic (exact) mass is 570 g/mol. The quantitative estimate of drug-likeness (QED) is 0.422. The van der Waals surface area contributed by atoms with Crippen molar-refractivity contribution in [2.75, 3.05) is 26.4 Å². The van der Waals surface area contributed by atoms with Crippen LogP contribution in [0.25, 0.3) is 0 Å². The Morgan fingerprint density at radius 1 is 1.05 bits per heavy atom. The van der Waals surface area contributed by atoms with Gasteiger partial charge in [-0.3, -0.25) is 4.90 Å². The average molecular weight is 571 g/mol. The SMILES string of the molecule is C[C@@H]1Cc2cc3c(cc2[C@@H](c2c(F)cc(O[C@H]4CCN(C(=O)OC(C)(C)C)C4)cc2F)N1CC(F)(F)F)OCO3. The summed E-state index contributed by atoms with van der Waals surface area (Å²) in [6, 6.07) is 3.09. The summed E-state index contributed by atoms with van der Waals surface area (Å²) >= 11 is 0. The maximum atomic E-state index is 15.7. The Morgan fingerprint density at radius 3 is 2.33 bits per heavy atom. The molecule has 0 saturated carbocycles. The van der Waals surface area contributed by atoms with E-state index in [1.54, 1.807) is 33.8 Å². The molecule has 2 aromatic carbocycles. The van der Waals surface area contributed by atoms with E-state index in [-0.39, 0.29) is 25.5 Å². The zero-order valence-electron chi connectivity index (χ0n) is 22.6. The number of hydrogen-bond donors (Lipinski definition) is 0. The molecule has 0 unspecified atom stereocenters. The molecule has 0 spiro atoms. The Morgan fingerprint density at radius 2 is 1.70 bits per heavy atom. The van der Waals surface area contributed by atoms with E-state index in [4.69, 9.17) is 18.9 Å². The van der Waals surface area contributed by atoms with Gasteiger partial charge in [-0.05, 0) is 57.4 Å². The Balaban J connectivity index is 1.44. The first-order chi connectivity index (χ1) is 18.7. The lowest BCUT2D eigenvalue weighted by Gasteiger charge is -2.42. The van der Waals surface area contributed by atoms with Crippen molar-refractivity contribution in [2.45, 2.75) is 70.5 Å². The van der Waals surface area contributed by atoms with Gasteiger partial charge < -0.3 is 23.8 Å². The van der Waals surface area contributed by atoms with Crippen molar-refractivity contribution in [1.29, 1.82) is 0 Å². The van der Waals surface area contributed by atoms with E-state index in [0.717, 1.165) is 17.0 Å². The van der Waals surface area contributed by atoms with Crippen LogP contribution in [0.2, 0.25) is 0 Å². The molecule has 3 aliphatic rings. The lowest BCUT2D eigenvalue weighted by molar-refractivity contribution is -0.155. The molecule has 0 bridgehead atoms. The lowest BCUT2D eigenvalue weighted by atomic mass is 9.84. The second-order valence-electron chi connectivity index (χ2n) is 11.4. The third kappa shape index (κ3) is 5.91. The molecule has 0 aliphatic carbocycles. The molecule has 218 valence electrons. The van der Waals surface area contributed by atoms with E-state index < -0.39 is 59.8 Å². The van der Waals surface area contributed by atoms with Crippen LogP contribution < -0.4 is 14.2 Å². The van der Waals surface area contributed by atoms with E-state index >= 15 is 8.78 Å². The molecule has 3 atom stereocenters. The molecular weight excluding hydrogens is 539 g/mol. The Hall–Kier alpha value is -3.28. The van der Waals surface area contributed by atoms with Crippen LogP contribution in [0, 0.1) is 11.6 Å². The number of amides is 1. The third-order valence-electron chi connectivity index (χ3n) is 7.13. The predicted octanol–water partition coefficient (Wildman–Crippen LogP) is 5.98. The fourth-order valence-corrected chi connectivity index (χ4v) is 5.47. The molecule has 3 heterocycles. The Kier molecular flexibility index (Phi) is 7.26. The molecule has 0 aromatic heterocycles. The number of nitrogens with zero attached hydrogens (tertiary/aromatic N) is 2. The number of likely N-dealkylation sites (tertiary alicyclic amines) is 1. The standard InChI is InChI=1S/C28H31F5N2O5/c1-15-7-16-8-22-23(38-14-37-22)11-19(16)25(35(15)13-28(31,32)33)24-20(29)9-18(10-21(24)30)39-17-5-6-34(12-17)26(36)40-27(2,3)4/h8-11,15,17,25H,5-7,12-14H2,1-4H3/t15-,17+,25+/m1/s1. The number of rotatable bonds is 4. The first kappa shape index (κ1) is 28.3. The molecule has 5 rings (SSSR count). The Bertz CT molecular complexity index is 1270. The van der Waals surface area contributed by atoms with Crippen LogP contribution in [0.4, 0.5) is 26.7 Å². The zero-order valence-corrected chi connectivity index (χ0v) is 22.6. The number of hydrogen-bond acceptors (Lipinski definition) is 6. The van der Waals surface area contributed by atoms with E-state index in [2.05, 4.69) is 0 Å². The molecule has 2 aromatic rings. The van der Waals surface area contributed by atoms with Crippen molar-refractivity contribution in [2.24, 2.45) is 0 Å². The second kappa shape index (κ2) is 10.3. The lowest BCUT2D eigenvalue weighted by Crippen LogP contribution is -2.47. The van der Waals surface area contributed by atoms with Crippen molar-refractivity contribution in [1.82, 2.24) is 9.80 Å². The molecule has 3 aliphatic heterocycles. The molecule has 0 N–H and O–H groups in total. The zero-order chi connectivity index (χ0) is 29.0. The molecule has 7 nitrogen and oxygen atoms in total. The second-order valence-corrected chi connectivity index (χ2v) is 11.4. The predicted molar refractivity (Wildman–Crippen MR) is 134 cm³/mol. The topological polar surface area (TPSA) is 60.5 Å². The van der Waals surface area contributed by atoms with Crippen LogP contribution in [0.3, 0.4) is 0 Å². The van der Waals surface area contributed by atoms with Gasteiger partial charge >= 0.3 is 12.3 Å². The minimum Gasteiger partial charge on any atom is -0.488 e. The third-order valence-corrected chi connectivity index (χ3v) is 7.13. The molecule has 1 amide bonds. The van der Waals surface area contributed by atoms with Gasteiger partial charge in [0.1, 0.15) is 29.1 Å². The maximum Gasteiger partial charge on any atom is 0.410 e. The van der Waals surface area contributed by atoms with Gasteiger partial charge in [-0.25, -0.2) is 13.6 Å². The van der Waals surface area contributed by atoms with Crippen molar-refractivity contribution in [3.05, 3.63) is 52.6 Å². The molecule has 1 fully saturated rings. The number of halogens is 5. The van der Waals surface area contributed by atoms with E-state index in [9.17, 15) is 18.0 Å². The van der Waals surface area contributed by atoms with Crippen LogP contribution in [0.5, 0.6) is 17.2 Å². The summed E-state index contributed by atoms with van der Waals surface area (Å²) < 4.78 is 94.3. The van der Waals surface area contributed by atoms with Gasteiger partial charge in [0.25, 0.3) is 0 Å². The first-order valence-electron chi connectivity index (χ1n) is 13.1. The van der Waals surface area contributed by atoms with Crippen LogP contribution in [0.1, 0.15) is 56.8 Å². The maximum absolute atomic E-state index is 15.7. The smallest absolute Gasteiger partial charge is 0.410 e. The normalized spacial score (nSPS) is 22.8. The number of ether oxygens (including phenoxy) is 4. The minimum absolute atomic E-state index is 0.0496. The highest BCUT2D eigenvalue weighted by atomic mass is 19.4. The highest BCUT2D eigenvalue weighted by Gasteiger charge is 2.43. The van der Waals surface area contributed by atoms with Crippen LogP contribution in [0.15, 0.2) is 24.3 Å². The van der Waals surface area contributed by atoms with Gasteiger partial charge in [0.15, 0.2) is 11.5 Å². The van der Waals surface area contributed by atoms with E-state index in [1.165, 1.54) is 11.0 Å². The van der Waals surface area contributed by atoms with Crippen LogP contribution >= 0.6 is 0 Å². The van der Waals surface area contributed by atoms with Crippen LogP contribution in [-0.2, 0) is 11.2 Å². The van der Waals surface area contributed by atoms with Gasteiger partial charge in [-0.2, -0.15) is 13.2 Å². The number of fused-ring (bicyclic) bond motifs is 2. The van der Waals surface area contributed by atoms with Crippen molar-refractivity contribution in [3.63, 3.8) is 0 Å². The summed E-state index contributed by atoms with van der Waals surface area (Å²) in [7, 11) is 0. The number of alkyl halides is 3. The largest absolute Gasteiger partial charge is 0.488 e. The van der Waals surface area contributed by atoms with Gasteiger partial charge in [0.05, 0.1) is 19.1 Å². The van der Waals surface area contributed by atoms with Crippen molar-refractivity contribution in [3.8, 4) is 17.2 Å². The summed E-state index contributed by atoms with van der Waals surface area (Å²) in [5, 5.41) is 0. The summed E-state index contributed by atoms with van der Waals surface area (Å²) in [6.45, 7) is 5.95. The number of carbonyl (C=O) groups is 1. The minimum atomic E-state index is -4.60. The Labute approximate surface area is 228 Å². The number of carbonyl (C=O) groups excluding carboxylic acids is 1. The van der Waals surface area contributed by atoms with Crippen molar-refractivity contribution < 1.29 is 45.7 Å².